The van der Waals surface area contributed by atoms with Crippen LogP contribution in [0.3, 0.4) is 0 Å². The van der Waals surface area contributed by atoms with Gasteiger partial charge in [0.15, 0.2) is 9.84 Å². The predicted molar refractivity (Wildman–Crippen MR) is 142 cm³/mol. The number of amides is 1. The molecule has 5 rings (SSSR count). The van der Waals surface area contributed by atoms with Crippen LogP contribution in [-0.2, 0) is 21.2 Å². The van der Waals surface area contributed by atoms with Crippen molar-refractivity contribution in [2.45, 2.75) is 19.0 Å². The van der Waals surface area contributed by atoms with E-state index in [-0.39, 0.29) is 23.5 Å². The minimum atomic E-state index is -3.13. The first-order chi connectivity index (χ1) is 17.5. The smallest absolute Gasteiger partial charge is 0.247 e. The van der Waals surface area contributed by atoms with Crippen LogP contribution in [0.2, 0.25) is 0 Å². The van der Waals surface area contributed by atoms with Crippen molar-refractivity contribution in [3.63, 3.8) is 0 Å². The molecule has 0 N–H and O–H groups in total. The van der Waals surface area contributed by atoms with E-state index in [0.717, 1.165) is 28.1 Å². The van der Waals surface area contributed by atoms with Crippen LogP contribution in [0.15, 0.2) is 103 Å². The summed E-state index contributed by atoms with van der Waals surface area (Å²) < 4.78 is 26.1. The molecule has 1 aliphatic heterocycles. The van der Waals surface area contributed by atoms with E-state index < -0.39 is 9.84 Å². The summed E-state index contributed by atoms with van der Waals surface area (Å²) in [5.74, 6) is -0.102. The van der Waals surface area contributed by atoms with Crippen LogP contribution in [-0.4, -0.2) is 46.6 Å². The van der Waals surface area contributed by atoms with Crippen LogP contribution < -0.4 is 0 Å². The molecule has 182 valence electrons. The average molecular weight is 498 g/mol. The summed E-state index contributed by atoms with van der Waals surface area (Å²) >= 11 is 0. The Kier molecular flexibility index (Phi) is 6.82. The second-order valence-corrected chi connectivity index (χ2v) is 11.1. The molecule has 2 heterocycles. The Bertz CT molecular complexity index is 1460. The zero-order valence-corrected chi connectivity index (χ0v) is 20.6. The molecule has 0 spiro atoms. The number of benzene rings is 3. The molecule has 0 radical (unpaired) electrons. The number of sulfone groups is 1. The zero-order valence-electron chi connectivity index (χ0n) is 19.8. The first-order valence-electron chi connectivity index (χ1n) is 11.9. The van der Waals surface area contributed by atoms with Crippen molar-refractivity contribution in [2.75, 3.05) is 11.5 Å². The Morgan fingerprint density at radius 1 is 0.944 bits per heavy atom. The van der Waals surface area contributed by atoms with Gasteiger partial charge < -0.3 is 4.90 Å². The largest absolute Gasteiger partial charge is 0.331 e. The number of carbonyl (C=O) groups is 1. The van der Waals surface area contributed by atoms with Crippen molar-refractivity contribution in [3.8, 4) is 16.9 Å². The topological polar surface area (TPSA) is 72.3 Å². The third kappa shape index (κ3) is 5.47. The highest BCUT2D eigenvalue weighted by atomic mass is 32.2. The third-order valence-corrected chi connectivity index (χ3v) is 8.09. The highest BCUT2D eigenvalue weighted by molar-refractivity contribution is 7.91. The molecule has 3 aromatic carbocycles. The minimum Gasteiger partial charge on any atom is -0.331 e. The van der Waals surface area contributed by atoms with Gasteiger partial charge in [0.2, 0.25) is 5.91 Å². The zero-order chi connectivity index (χ0) is 25.0. The monoisotopic (exact) mass is 497 g/mol. The van der Waals surface area contributed by atoms with Crippen molar-refractivity contribution in [2.24, 2.45) is 0 Å². The summed E-state index contributed by atoms with van der Waals surface area (Å²) in [5.41, 5.74) is 4.40. The van der Waals surface area contributed by atoms with E-state index in [9.17, 15) is 13.2 Å². The van der Waals surface area contributed by atoms with Crippen LogP contribution in [0.4, 0.5) is 0 Å². The molecule has 0 bridgehead atoms. The standard InChI is InChI=1S/C29H27N3O3S/c33-28(31(20-23-10-4-1-5-11-23)27-18-19-36(34,35)22-27)17-16-25-21-32(26-14-8-3-9-15-26)30-29(25)24-12-6-2-7-13-24/h1-17,21,27H,18-20,22H2/b17-16+. The Balaban J connectivity index is 1.47. The van der Waals surface area contributed by atoms with Gasteiger partial charge in [-0.3, -0.25) is 4.79 Å². The molecule has 1 amide bonds. The summed E-state index contributed by atoms with van der Waals surface area (Å²) in [4.78, 5) is 15.1. The van der Waals surface area contributed by atoms with Crippen molar-refractivity contribution in [3.05, 3.63) is 114 Å². The van der Waals surface area contributed by atoms with Crippen LogP contribution in [0, 0.1) is 0 Å². The van der Waals surface area contributed by atoms with E-state index in [2.05, 4.69) is 0 Å². The highest BCUT2D eigenvalue weighted by Gasteiger charge is 2.34. The van der Waals surface area contributed by atoms with E-state index in [1.807, 2.05) is 97.2 Å². The lowest BCUT2D eigenvalue weighted by atomic mass is 10.1. The van der Waals surface area contributed by atoms with Gasteiger partial charge in [-0.05, 0) is 30.2 Å². The fourth-order valence-corrected chi connectivity index (χ4v) is 6.22. The quantitative estimate of drug-likeness (QED) is 0.345. The Hall–Kier alpha value is -3.97. The molecule has 1 fully saturated rings. The molecule has 1 aliphatic rings. The number of hydrogen-bond acceptors (Lipinski definition) is 4. The van der Waals surface area contributed by atoms with Crippen LogP contribution in [0.25, 0.3) is 23.0 Å². The van der Waals surface area contributed by atoms with E-state index >= 15 is 0 Å². The molecule has 1 saturated heterocycles. The molecule has 6 nitrogen and oxygen atoms in total. The summed E-state index contributed by atoms with van der Waals surface area (Å²) in [5, 5.41) is 4.80. The Morgan fingerprint density at radius 3 is 2.22 bits per heavy atom. The van der Waals surface area contributed by atoms with Crippen molar-refractivity contribution >= 4 is 21.8 Å². The van der Waals surface area contributed by atoms with Gasteiger partial charge in [0.25, 0.3) is 0 Å². The second kappa shape index (κ2) is 10.3. The van der Waals surface area contributed by atoms with E-state index in [1.165, 1.54) is 6.08 Å². The van der Waals surface area contributed by atoms with Gasteiger partial charge in [0.05, 0.1) is 22.9 Å². The molecule has 36 heavy (non-hydrogen) atoms. The van der Waals surface area contributed by atoms with Crippen LogP contribution in [0.1, 0.15) is 17.5 Å². The lowest BCUT2D eigenvalue weighted by Gasteiger charge is -2.27. The summed E-state index contributed by atoms with van der Waals surface area (Å²) in [7, 11) is -3.13. The average Bonchev–Trinajstić information content (AvgIpc) is 3.50. The Labute approximate surface area is 211 Å². The van der Waals surface area contributed by atoms with Crippen LogP contribution >= 0.6 is 0 Å². The normalized spacial score (nSPS) is 16.8. The molecule has 4 aromatic rings. The molecular weight excluding hydrogens is 470 g/mol. The van der Waals surface area contributed by atoms with E-state index in [0.29, 0.717) is 13.0 Å². The number of carbonyl (C=O) groups excluding carboxylic acids is 1. The predicted octanol–water partition coefficient (Wildman–Crippen LogP) is 4.77. The number of hydrogen-bond donors (Lipinski definition) is 0. The highest BCUT2D eigenvalue weighted by Crippen LogP contribution is 2.26. The number of nitrogens with zero attached hydrogens (tertiary/aromatic N) is 3. The lowest BCUT2D eigenvalue weighted by molar-refractivity contribution is -0.128. The molecule has 1 aromatic heterocycles. The van der Waals surface area contributed by atoms with E-state index in [1.54, 1.807) is 15.7 Å². The molecule has 7 heteroatoms. The molecular formula is C29H27N3O3S. The maximum Gasteiger partial charge on any atom is 0.247 e. The van der Waals surface area contributed by atoms with Gasteiger partial charge in [-0.15, -0.1) is 0 Å². The Morgan fingerprint density at radius 2 is 1.58 bits per heavy atom. The first-order valence-corrected chi connectivity index (χ1v) is 13.7. The van der Waals surface area contributed by atoms with Crippen molar-refractivity contribution < 1.29 is 13.2 Å². The van der Waals surface area contributed by atoms with Crippen molar-refractivity contribution in [1.82, 2.24) is 14.7 Å². The van der Waals surface area contributed by atoms with Crippen LogP contribution in [0.5, 0.6) is 0 Å². The molecule has 1 unspecified atom stereocenters. The molecule has 1 atom stereocenters. The summed E-state index contributed by atoms with van der Waals surface area (Å²) in [6.45, 7) is 0.360. The van der Waals surface area contributed by atoms with Crippen molar-refractivity contribution in [1.29, 1.82) is 0 Å². The fraction of sp³-hybridized carbons (Fsp3) is 0.172. The number of aromatic nitrogens is 2. The van der Waals surface area contributed by atoms with Gasteiger partial charge in [-0.25, -0.2) is 13.1 Å². The van der Waals surface area contributed by atoms with Gasteiger partial charge in [0, 0.05) is 36.0 Å². The maximum atomic E-state index is 13.5. The summed E-state index contributed by atoms with van der Waals surface area (Å²) in [6, 6.07) is 29.0. The minimum absolute atomic E-state index is 0.000614. The second-order valence-electron chi connectivity index (χ2n) is 8.92. The van der Waals surface area contributed by atoms with Gasteiger partial charge >= 0.3 is 0 Å². The SMILES string of the molecule is O=C(/C=C/c1cn(-c2ccccc2)nc1-c1ccccc1)N(Cc1ccccc1)C1CCS(=O)(=O)C1. The van der Waals surface area contributed by atoms with Gasteiger partial charge in [-0.1, -0.05) is 78.9 Å². The van der Waals surface area contributed by atoms with Gasteiger partial charge in [-0.2, -0.15) is 5.10 Å². The van der Waals surface area contributed by atoms with E-state index in [4.69, 9.17) is 5.10 Å². The fourth-order valence-electron chi connectivity index (χ4n) is 4.49. The van der Waals surface area contributed by atoms with Gasteiger partial charge in [0.1, 0.15) is 0 Å². The third-order valence-electron chi connectivity index (χ3n) is 6.34. The number of para-hydroxylation sites is 1. The lowest BCUT2D eigenvalue weighted by Crippen LogP contribution is -2.39. The summed E-state index contributed by atoms with van der Waals surface area (Å²) in [6.07, 6.45) is 5.67. The molecule has 0 aliphatic carbocycles. The first kappa shape index (κ1) is 23.8. The molecule has 0 saturated carbocycles. The number of rotatable bonds is 7. The maximum absolute atomic E-state index is 13.5.